The summed E-state index contributed by atoms with van der Waals surface area (Å²) >= 11 is 0. The van der Waals surface area contributed by atoms with Crippen molar-refractivity contribution in [3.63, 3.8) is 0 Å². The third kappa shape index (κ3) is 3.43. The van der Waals surface area contributed by atoms with Gasteiger partial charge in [0.2, 0.25) is 0 Å². The number of allylic oxidation sites excluding steroid dienone is 1. The van der Waals surface area contributed by atoms with E-state index in [4.69, 9.17) is 0 Å². The fourth-order valence-electron chi connectivity index (χ4n) is 5.09. The highest BCUT2D eigenvalue weighted by atomic mass is 15.1. The second kappa shape index (κ2) is 8.44. The monoisotopic (exact) mass is 423 g/mol. The zero-order chi connectivity index (χ0) is 22.0. The molecule has 0 bridgehead atoms. The van der Waals surface area contributed by atoms with Crippen molar-refractivity contribution < 1.29 is 0 Å². The van der Waals surface area contributed by atoms with E-state index in [1.807, 2.05) is 0 Å². The molecule has 0 unspecified atom stereocenters. The van der Waals surface area contributed by atoms with Crippen LogP contribution in [0.1, 0.15) is 17.5 Å². The molecule has 1 nitrogen and oxygen atoms in total. The van der Waals surface area contributed by atoms with E-state index in [1.165, 1.54) is 50.1 Å². The van der Waals surface area contributed by atoms with Crippen LogP contribution >= 0.6 is 0 Å². The first kappa shape index (κ1) is 19.6. The molecule has 5 aromatic carbocycles. The van der Waals surface area contributed by atoms with Gasteiger partial charge in [0.05, 0.1) is 5.69 Å². The molecule has 0 amide bonds. The molecule has 0 heterocycles. The van der Waals surface area contributed by atoms with Gasteiger partial charge in [-0.15, -0.1) is 0 Å². The Kier molecular flexibility index (Phi) is 5.01. The van der Waals surface area contributed by atoms with Gasteiger partial charge in [-0.2, -0.15) is 0 Å². The van der Waals surface area contributed by atoms with Crippen LogP contribution < -0.4 is 4.90 Å². The molecule has 0 aliphatic heterocycles. The second-order valence-corrected chi connectivity index (χ2v) is 8.47. The van der Waals surface area contributed by atoms with Crippen LogP contribution in [-0.4, -0.2) is 0 Å². The van der Waals surface area contributed by atoms with Crippen LogP contribution in [0.25, 0.3) is 28.0 Å². The fourth-order valence-corrected chi connectivity index (χ4v) is 5.09. The summed E-state index contributed by atoms with van der Waals surface area (Å²) in [5, 5.41) is 2.58. The summed E-state index contributed by atoms with van der Waals surface area (Å²) in [6, 6.07) is 41.2. The van der Waals surface area contributed by atoms with Gasteiger partial charge < -0.3 is 4.90 Å². The quantitative estimate of drug-likeness (QED) is 0.279. The Balaban J connectivity index is 1.75. The lowest BCUT2D eigenvalue weighted by atomic mass is 9.83. The van der Waals surface area contributed by atoms with E-state index in [0.717, 1.165) is 12.8 Å². The van der Waals surface area contributed by atoms with Gasteiger partial charge in [-0.3, -0.25) is 0 Å². The van der Waals surface area contributed by atoms with E-state index in [0.29, 0.717) is 0 Å². The minimum absolute atomic E-state index is 1.03. The van der Waals surface area contributed by atoms with Crippen LogP contribution in [0.15, 0.2) is 121 Å². The standard InChI is InChI=1S/C32H25N/c1-4-14-24(15-5-1)31-27-20-10-12-22-29(27)32(30-23-13-11-21-28(30)31)33(25-16-6-2-7-17-25)26-18-8-3-9-19-26/h1-12,14-22H,13,23H2. The summed E-state index contributed by atoms with van der Waals surface area (Å²) in [4.78, 5) is 2.44. The highest BCUT2D eigenvalue weighted by Gasteiger charge is 2.25. The molecule has 1 aliphatic rings. The fraction of sp³-hybridized carbons (Fsp3) is 0.0625. The maximum Gasteiger partial charge on any atom is 0.0578 e. The maximum absolute atomic E-state index is 2.44. The van der Waals surface area contributed by atoms with Crippen molar-refractivity contribution >= 4 is 33.9 Å². The van der Waals surface area contributed by atoms with E-state index in [1.54, 1.807) is 0 Å². The van der Waals surface area contributed by atoms with Crippen molar-refractivity contribution in [1.29, 1.82) is 0 Å². The van der Waals surface area contributed by atoms with Crippen molar-refractivity contribution in [2.24, 2.45) is 0 Å². The highest BCUT2D eigenvalue weighted by molar-refractivity contribution is 6.11. The normalized spacial score (nSPS) is 12.5. The molecule has 6 rings (SSSR count). The molecule has 33 heavy (non-hydrogen) atoms. The van der Waals surface area contributed by atoms with E-state index in [9.17, 15) is 0 Å². The second-order valence-electron chi connectivity index (χ2n) is 8.47. The van der Waals surface area contributed by atoms with Crippen molar-refractivity contribution in [2.75, 3.05) is 4.90 Å². The van der Waals surface area contributed by atoms with Gasteiger partial charge >= 0.3 is 0 Å². The van der Waals surface area contributed by atoms with Crippen molar-refractivity contribution in [3.8, 4) is 11.1 Å². The lowest BCUT2D eigenvalue weighted by Gasteiger charge is -2.32. The van der Waals surface area contributed by atoms with Gasteiger partial charge in [-0.1, -0.05) is 103 Å². The summed E-state index contributed by atoms with van der Waals surface area (Å²) in [5.41, 5.74) is 9.02. The van der Waals surface area contributed by atoms with E-state index >= 15 is 0 Å². The number of rotatable bonds is 4. The summed E-state index contributed by atoms with van der Waals surface area (Å²) in [6.45, 7) is 0. The minimum Gasteiger partial charge on any atom is -0.310 e. The number of nitrogens with zero attached hydrogens (tertiary/aromatic N) is 1. The molecule has 0 saturated carbocycles. The third-order valence-electron chi connectivity index (χ3n) is 6.49. The number of fused-ring (bicyclic) bond motifs is 2. The molecule has 0 saturated heterocycles. The molecule has 1 aliphatic carbocycles. The van der Waals surface area contributed by atoms with Crippen LogP contribution in [0.2, 0.25) is 0 Å². The van der Waals surface area contributed by atoms with Gasteiger partial charge in [0, 0.05) is 16.8 Å². The van der Waals surface area contributed by atoms with Gasteiger partial charge in [0.15, 0.2) is 0 Å². The summed E-state index contributed by atoms with van der Waals surface area (Å²) in [5.74, 6) is 0. The summed E-state index contributed by atoms with van der Waals surface area (Å²) in [6.07, 6.45) is 6.75. The largest absolute Gasteiger partial charge is 0.310 e. The van der Waals surface area contributed by atoms with Crippen LogP contribution in [-0.2, 0) is 6.42 Å². The number of benzene rings is 5. The van der Waals surface area contributed by atoms with Gasteiger partial charge in [-0.05, 0) is 64.7 Å². The van der Waals surface area contributed by atoms with E-state index < -0.39 is 0 Å². The zero-order valence-electron chi connectivity index (χ0n) is 18.5. The van der Waals surface area contributed by atoms with E-state index in [-0.39, 0.29) is 0 Å². The van der Waals surface area contributed by atoms with Crippen molar-refractivity contribution in [3.05, 3.63) is 132 Å². The van der Waals surface area contributed by atoms with Gasteiger partial charge in [0.25, 0.3) is 0 Å². The van der Waals surface area contributed by atoms with Crippen molar-refractivity contribution in [2.45, 2.75) is 12.8 Å². The van der Waals surface area contributed by atoms with Crippen LogP contribution in [0.3, 0.4) is 0 Å². The van der Waals surface area contributed by atoms with Crippen LogP contribution in [0, 0.1) is 0 Å². The van der Waals surface area contributed by atoms with Gasteiger partial charge in [-0.25, -0.2) is 0 Å². The lowest BCUT2D eigenvalue weighted by molar-refractivity contribution is 0.983. The molecular weight excluding hydrogens is 398 g/mol. The van der Waals surface area contributed by atoms with Crippen molar-refractivity contribution in [1.82, 2.24) is 0 Å². The molecule has 0 aromatic heterocycles. The van der Waals surface area contributed by atoms with Crippen LogP contribution in [0.4, 0.5) is 17.1 Å². The molecule has 5 aromatic rings. The first-order chi connectivity index (χ1) is 16.4. The number of anilines is 3. The Morgan fingerprint density at radius 3 is 1.73 bits per heavy atom. The molecule has 158 valence electrons. The Morgan fingerprint density at radius 1 is 0.545 bits per heavy atom. The first-order valence-corrected chi connectivity index (χ1v) is 11.6. The molecule has 1 heteroatoms. The Labute approximate surface area is 195 Å². The predicted octanol–water partition coefficient (Wildman–Crippen LogP) is 8.94. The summed E-state index contributed by atoms with van der Waals surface area (Å²) < 4.78 is 0. The number of hydrogen-bond acceptors (Lipinski definition) is 1. The smallest absolute Gasteiger partial charge is 0.0578 e. The van der Waals surface area contributed by atoms with Crippen LogP contribution in [0.5, 0.6) is 0 Å². The topological polar surface area (TPSA) is 3.24 Å². The Bertz CT molecular complexity index is 1390. The molecule has 0 spiro atoms. The third-order valence-corrected chi connectivity index (χ3v) is 6.49. The first-order valence-electron chi connectivity index (χ1n) is 11.6. The SMILES string of the molecule is C1=Cc2c(c(N(c3ccccc3)c3ccccc3)c3ccccc3c2-c2ccccc2)CC1. The highest BCUT2D eigenvalue weighted by Crippen LogP contribution is 2.48. The molecule has 0 atom stereocenters. The van der Waals surface area contributed by atoms with E-state index in [2.05, 4.69) is 132 Å². The predicted molar refractivity (Wildman–Crippen MR) is 141 cm³/mol. The molecule has 0 radical (unpaired) electrons. The number of para-hydroxylation sites is 2. The number of hydrogen-bond donors (Lipinski definition) is 0. The zero-order valence-corrected chi connectivity index (χ0v) is 18.5. The lowest BCUT2D eigenvalue weighted by Crippen LogP contribution is -2.15. The maximum atomic E-state index is 2.44. The Morgan fingerprint density at radius 2 is 1.09 bits per heavy atom. The Hall–Kier alpha value is -4.10. The average Bonchev–Trinajstić information content (AvgIpc) is 2.90. The molecule has 0 fully saturated rings. The average molecular weight is 424 g/mol. The van der Waals surface area contributed by atoms with Gasteiger partial charge in [0.1, 0.15) is 0 Å². The minimum atomic E-state index is 1.03. The molecule has 0 N–H and O–H groups in total. The summed E-state index contributed by atoms with van der Waals surface area (Å²) in [7, 11) is 0. The molecular formula is C32H25N.